The molecule has 0 aromatic carbocycles. The molecule has 0 amide bonds. The molecule has 3 rings (SSSR count). The van der Waals surface area contributed by atoms with E-state index in [1.165, 1.54) is 10.9 Å². The third kappa shape index (κ3) is 5.05. The zero-order chi connectivity index (χ0) is 20.0. The minimum Gasteiger partial charge on any atom is -0.725 e. The van der Waals surface area contributed by atoms with Crippen LogP contribution in [-0.2, 0) is 28.2 Å². The first-order valence-corrected chi connectivity index (χ1v) is 9.90. The Hall–Kier alpha value is -0.750. The summed E-state index contributed by atoms with van der Waals surface area (Å²) in [7, 11) is -10.8. The van der Waals surface area contributed by atoms with Crippen molar-refractivity contribution in [3.8, 4) is 0 Å². The van der Waals surface area contributed by atoms with Gasteiger partial charge in [-0.3, -0.25) is 9.09 Å². The molecule has 15 nitrogen and oxygen atoms in total. The Labute approximate surface area is 179 Å². The molecule has 0 bridgehead atoms. The van der Waals surface area contributed by atoms with Gasteiger partial charge in [0.1, 0.15) is 30.2 Å². The number of rotatable bonds is 6. The number of phosphoric ester groups is 1. The Morgan fingerprint density at radius 3 is 2.64 bits per heavy atom. The number of aromatic nitrogens is 4. The second-order valence-corrected chi connectivity index (χ2v) is 7.98. The Morgan fingerprint density at radius 1 is 1.32 bits per heavy atom. The number of nitrogens with zero attached hydrogens (tertiary/aromatic N) is 4. The number of anilines is 1. The van der Waals surface area contributed by atoms with Crippen molar-refractivity contribution in [3.63, 3.8) is 0 Å². The van der Waals surface area contributed by atoms with E-state index >= 15 is 0 Å². The predicted molar refractivity (Wildman–Crippen MR) is 82.2 cm³/mol. The number of ether oxygens (including phenoxy) is 1. The van der Waals surface area contributed by atoms with Crippen molar-refractivity contribution in [3.05, 3.63) is 12.7 Å². The van der Waals surface area contributed by atoms with E-state index in [1.807, 2.05) is 0 Å². The predicted octanol–water partition coefficient (Wildman–Crippen LogP) is -5.37. The summed E-state index contributed by atoms with van der Waals surface area (Å²) < 4.78 is 56.8. The van der Waals surface area contributed by atoms with Crippen molar-refractivity contribution in [2.75, 3.05) is 12.3 Å². The third-order valence-electron chi connectivity index (χ3n) is 3.59. The summed E-state index contributed by atoms with van der Waals surface area (Å²) in [6.45, 7) is -0.873. The van der Waals surface area contributed by atoms with Crippen LogP contribution in [0, 0.1) is 0 Å². The first kappa shape index (κ1) is 23.5. The number of hydrogen-bond acceptors (Lipinski definition) is 13. The molecular weight excluding hydrogens is 436 g/mol. The van der Waals surface area contributed by atoms with Crippen molar-refractivity contribution < 1.29 is 75.4 Å². The van der Waals surface area contributed by atoms with Gasteiger partial charge in [-0.15, -0.1) is 0 Å². The molecule has 2 aromatic heterocycles. The molecule has 0 spiro atoms. The molecule has 28 heavy (non-hydrogen) atoms. The molecule has 0 radical (unpaired) electrons. The summed E-state index contributed by atoms with van der Waals surface area (Å²) in [5.74, 6) is 0.0730. The fourth-order valence-electron chi connectivity index (χ4n) is 2.46. The van der Waals surface area contributed by atoms with Crippen LogP contribution in [0.25, 0.3) is 11.2 Å². The number of hydrogen-bond donors (Lipinski definition) is 4. The monoisotopic (exact) mass is 449 g/mol. The molecule has 0 saturated carbocycles. The Morgan fingerprint density at radius 2 is 2.00 bits per heavy atom. The van der Waals surface area contributed by atoms with Crippen LogP contribution >= 0.6 is 7.82 Å². The minimum absolute atomic E-state index is 0. The average Bonchev–Trinajstić information content (AvgIpc) is 3.07. The minimum atomic E-state index is -5.51. The molecule has 5 N–H and O–H groups in total. The quantitative estimate of drug-likeness (QED) is 0.140. The van der Waals surface area contributed by atoms with E-state index in [4.69, 9.17) is 10.5 Å². The average molecular weight is 449 g/mol. The topological polar surface area (TPSA) is 232 Å². The van der Waals surface area contributed by atoms with Gasteiger partial charge in [0, 0.05) is 0 Å². The number of phosphoric acid groups is 1. The van der Waals surface area contributed by atoms with Crippen molar-refractivity contribution in [1.82, 2.24) is 19.5 Å². The van der Waals surface area contributed by atoms with Gasteiger partial charge in [-0.25, -0.2) is 27.9 Å². The van der Waals surface area contributed by atoms with Gasteiger partial charge >= 0.3 is 37.4 Å². The van der Waals surface area contributed by atoms with Crippen LogP contribution in [0.1, 0.15) is 6.23 Å². The van der Waals surface area contributed by atoms with Crippen LogP contribution in [0.15, 0.2) is 12.7 Å². The number of fused-ring (bicyclic) bond motifs is 1. The molecule has 1 aliphatic rings. The largest absolute Gasteiger partial charge is 1.00 e. The van der Waals surface area contributed by atoms with Crippen LogP contribution in [0.3, 0.4) is 0 Å². The van der Waals surface area contributed by atoms with Crippen LogP contribution in [0.4, 0.5) is 5.82 Å². The van der Waals surface area contributed by atoms with Crippen LogP contribution in [0.5, 0.6) is 0 Å². The second kappa shape index (κ2) is 8.55. The molecule has 1 fully saturated rings. The van der Waals surface area contributed by atoms with E-state index in [0.717, 1.165) is 6.33 Å². The van der Waals surface area contributed by atoms with Gasteiger partial charge in [-0.1, -0.05) is 0 Å². The summed E-state index contributed by atoms with van der Waals surface area (Å²) in [4.78, 5) is 20.9. The SMILES string of the molecule is Nc1ncnc2c1ncn2[C@H]1O[C@@H](COP(=O)(O)OS(=O)(=O)[O-])[C@H](O)[C@@H]1O.[Na+]. The molecule has 3 heterocycles. The van der Waals surface area contributed by atoms with Gasteiger partial charge in [0.05, 0.1) is 12.9 Å². The van der Waals surface area contributed by atoms with Crippen molar-refractivity contribution in [2.45, 2.75) is 24.5 Å². The summed E-state index contributed by atoms with van der Waals surface area (Å²) in [6.07, 6.45) is -3.36. The second-order valence-electron chi connectivity index (χ2n) is 5.38. The van der Waals surface area contributed by atoms with Crippen molar-refractivity contribution >= 4 is 35.2 Å². The Kier molecular flexibility index (Phi) is 7.18. The first-order valence-electron chi connectivity index (χ1n) is 7.07. The molecule has 18 heteroatoms. The normalized spacial score (nSPS) is 27.4. The molecule has 2 aromatic rings. The maximum absolute atomic E-state index is 11.4. The standard InChI is InChI=1S/C10H14N5O10PS.Na/c11-8-5-9(13-2-12-8)15(3-14-5)10-7(17)6(16)4(24-10)1-23-26(18,19)25-27(20,21)22;/h2-4,6-7,10,16-17H,1H2,(H,18,19)(H2,11,12,13)(H,20,21,22);/q;+1/p-1/t4-,6-,7-,10-;/m0./s1. The van der Waals surface area contributed by atoms with Crippen LogP contribution in [-0.4, -0.2) is 72.5 Å². The summed E-state index contributed by atoms with van der Waals surface area (Å²) >= 11 is 0. The molecule has 1 unspecified atom stereocenters. The van der Waals surface area contributed by atoms with Crippen LogP contribution < -0.4 is 35.3 Å². The van der Waals surface area contributed by atoms with Gasteiger partial charge in [0.15, 0.2) is 17.7 Å². The Bertz CT molecular complexity index is 1000. The molecular formula is C10H13N5NaO10PS. The van der Waals surface area contributed by atoms with E-state index in [-0.39, 0.29) is 46.5 Å². The number of aliphatic hydroxyl groups excluding tert-OH is 2. The number of imidazole rings is 1. The molecule has 1 saturated heterocycles. The number of aliphatic hydroxyl groups is 2. The van der Waals surface area contributed by atoms with E-state index in [9.17, 15) is 32.6 Å². The summed E-state index contributed by atoms with van der Waals surface area (Å²) in [6, 6.07) is 0. The van der Waals surface area contributed by atoms with Crippen molar-refractivity contribution in [2.24, 2.45) is 0 Å². The Balaban J connectivity index is 0.00000280. The number of nitrogens with two attached hydrogens (primary N) is 1. The van der Waals surface area contributed by atoms with Gasteiger partial charge in [-0.2, -0.15) is 3.97 Å². The smallest absolute Gasteiger partial charge is 0.725 e. The van der Waals surface area contributed by atoms with Crippen molar-refractivity contribution in [1.29, 1.82) is 0 Å². The van der Waals surface area contributed by atoms with Gasteiger partial charge < -0.3 is 30.1 Å². The fourth-order valence-corrected chi connectivity index (χ4v) is 3.89. The van der Waals surface area contributed by atoms with E-state index in [1.54, 1.807) is 0 Å². The van der Waals surface area contributed by atoms with Gasteiger partial charge in [0.2, 0.25) is 10.4 Å². The van der Waals surface area contributed by atoms with Gasteiger partial charge in [0.25, 0.3) is 0 Å². The molecule has 150 valence electrons. The summed E-state index contributed by atoms with van der Waals surface area (Å²) in [5.41, 5.74) is 6.06. The molecule has 0 aliphatic carbocycles. The molecule has 1 aliphatic heterocycles. The molecule has 5 atom stereocenters. The van der Waals surface area contributed by atoms with E-state index in [0.29, 0.717) is 0 Å². The van der Waals surface area contributed by atoms with E-state index < -0.39 is 49.4 Å². The maximum Gasteiger partial charge on any atom is 1.00 e. The van der Waals surface area contributed by atoms with Gasteiger partial charge in [-0.05, 0) is 0 Å². The maximum atomic E-state index is 11.4. The zero-order valence-electron chi connectivity index (χ0n) is 14.1. The van der Waals surface area contributed by atoms with Crippen LogP contribution in [0.2, 0.25) is 0 Å². The summed E-state index contributed by atoms with van der Waals surface area (Å²) in [5, 5.41) is 20.2. The zero-order valence-corrected chi connectivity index (χ0v) is 17.8. The van der Waals surface area contributed by atoms with E-state index in [2.05, 4.69) is 23.4 Å². The number of nitrogen functional groups attached to an aromatic ring is 1. The third-order valence-corrected chi connectivity index (χ3v) is 5.55. The first-order chi connectivity index (χ1) is 12.5. The fraction of sp³-hybridized carbons (Fsp3) is 0.500.